The van der Waals surface area contributed by atoms with Gasteiger partial charge in [0.2, 0.25) is 0 Å². The monoisotopic (exact) mass is 362 g/mol. The number of carbonyl (C=O) groups excluding carboxylic acids is 1. The number of hydrogen-bond donors (Lipinski definition) is 1. The van der Waals surface area contributed by atoms with Crippen LogP contribution in [0.4, 0.5) is 13.2 Å². The van der Waals surface area contributed by atoms with Crippen molar-refractivity contribution in [2.24, 2.45) is 0 Å². The number of alkyl halides is 3. The summed E-state index contributed by atoms with van der Waals surface area (Å²) in [5, 5.41) is 6.17. The smallest absolute Gasteiger partial charge is 0.361 e. The van der Waals surface area contributed by atoms with Crippen LogP contribution in [0.25, 0.3) is 0 Å². The van der Waals surface area contributed by atoms with Crippen molar-refractivity contribution < 1.29 is 22.5 Å². The van der Waals surface area contributed by atoms with Crippen LogP contribution in [0.1, 0.15) is 27.4 Å². The second kappa shape index (κ2) is 5.88. The highest BCUT2D eigenvalue weighted by Crippen LogP contribution is 2.31. The van der Waals surface area contributed by atoms with Crippen molar-refractivity contribution in [1.29, 1.82) is 0 Å². The number of hydrogen-bond acceptors (Lipinski definition) is 3. The summed E-state index contributed by atoms with van der Waals surface area (Å²) in [5.74, 6) is -0.0480. The molecule has 0 aliphatic carbocycles. The number of aryl methyl sites for hydroxylation is 1. The maximum Gasteiger partial charge on any atom is 0.416 e. The summed E-state index contributed by atoms with van der Waals surface area (Å²) in [6, 6.07) is 4.52. The molecule has 0 aliphatic rings. The third-order valence-corrected chi connectivity index (χ3v) is 3.34. The average molecular weight is 363 g/mol. The van der Waals surface area contributed by atoms with Gasteiger partial charge in [-0.15, -0.1) is 0 Å². The molecule has 0 aliphatic heterocycles. The fourth-order valence-electron chi connectivity index (χ4n) is 1.64. The SMILES string of the molecule is Cc1cc(CNC(=O)c2cc(C(F)(F)F)ccc2Br)no1. The fourth-order valence-corrected chi connectivity index (χ4v) is 2.07. The highest BCUT2D eigenvalue weighted by molar-refractivity contribution is 9.10. The number of carbonyl (C=O) groups is 1. The van der Waals surface area contributed by atoms with E-state index in [2.05, 4.69) is 26.4 Å². The van der Waals surface area contributed by atoms with Crippen LogP contribution in [0.2, 0.25) is 0 Å². The van der Waals surface area contributed by atoms with E-state index >= 15 is 0 Å². The number of nitrogens with zero attached hydrogens (tertiary/aromatic N) is 1. The van der Waals surface area contributed by atoms with Crippen molar-refractivity contribution in [2.75, 3.05) is 0 Å². The van der Waals surface area contributed by atoms with Crippen molar-refractivity contribution in [2.45, 2.75) is 19.6 Å². The molecule has 0 bridgehead atoms. The van der Waals surface area contributed by atoms with Gasteiger partial charge in [-0.2, -0.15) is 13.2 Å². The van der Waals surface area contributed by atoms with Crippen molar-refractivity contribution in [3.63, 3.8) is 0 Å². The van der Waals surface area contributed by atoms with Crippen molar-refractivity contribution in [3.05, 3.63) is 51.3 Å². The quantitative estimate of drug-likeness (QED) is 0.905. The maximum absolute atomic E-state index is 12.6. The van der Waals surface area contributed by atoms with Gasteiger partial charge in [-0.25, -0.2) is 0 Å². The molecule has 0 radical (unpaired) electrons. The van der Waals surface area contributed by atoms with E-state index < -0.39 is 17.6 Å². The Hall–Kier alpha value is -1.83. The van der Waals surface area contributed by atoms with Crippen LogP contribution < -0.4 is 5.32 Å². The summed E-state index contributed by atoms with van der Waals surface area (Å²) < 4.78 is 43.1. The second-order valence-corrected chi connectivity index (χ2v) is 5.16. The lowest BCUT2D eigenvalue weighted by molar-refractivity contribution is -0.137. The highest BCUT2D eigenvalue weighted by Gasteiger charge is 2.31. The lowest BCUT2D eigenvalue weighted by Crippen LogP contribution is -2.24. The van der Waals surface area contributed by atoms with E-state index in [-0.39, 0.29) is 16.6 Å². The summed E-state index contributed by atoms with van der Waals surface area (Å²) in [6.07, 6.45) is -4.50. The maximum atomic E-state index is 12.6. The van der Waals surface area contributed by atoms with Crippen LogP contribution in [0.15, 0.2) is 33.3 Å². The number of benzene rings is 1. The van der Waals surface area contributed by atoms with Crippen LogP contribution >= 0.6 is 15.9 Å². The van der Waals surface area contributed by atoms with Crippen LogP contribution in [0, 0.1) is 6.92 Å². The van der Waals surface area contributed by atoms with Gasteiger partial charge in [-0.1, -0.05) is 5.16 Å². The molecule has 1 aromatic carbocycles. The van der Waals surface area contributed by atoms with Crippen molar-refractivity contribution in [1.82, 2.24) is 10.5 Å². The highest BCUT2D eigenvalue weighted by atomic mass is 79.9. The Kier molecular flexibility index (Phi) is 4.36. The molecule has 2 rings (SSSR count). The van der Waals surface area contributed by atoms with Gasteiger partial charge in [0.05, 0.1) is 17.7 Å². The number of halogens is 4. The van der Waals surface area contributed by atoms with Gasteiger partial charge in [0, 0.05) is 10.5 Å². The van der Waals surface area contributed by atoms with E-state index in [1.807, 2.05) is 0 Å². The Morgan fingerprint density at radius 1 is 1.38 bits per heavy atom. The molecule has 112 valence electrons. The van der Waals surface area contributed by atoms with Crippen molar-refractivity contribution >= 4 is 21.8 Å². The molecule has 0 saturated carbocycles. The fraction of sp³-hybridized carbons (Fsp3) is 0.231. The second-order valence-electron chi connectivity index (χ2n) is 4.30. The third kappa shape index (κ3) is 3.84. The minimum atomic E-state index is -4.50. The van der Waals surface area contributed by atoms with Crippen LogP contribution in [-0.2, 0) is 12.7 Å². The first-order valence-corrected chi connectivity index (χ1v) is 6.64. The Morgan fingerprint density at radius 2 is 2.10 bits per heavy atom. The summed E-state index contributed by atoms with van der Waals surface area (Å²) in [4.78, 5) is 12.0. The molecule has 1 aromatic heterocycles. The van der Waals surface area contributed by atoms with E-state index in [4.69, 9.17) is 4.52 Å². The first-order valence-electron chi connectivity index (χ1n) is 5.84. The van der Waals surface area contributed by atoms with Gasteiger partial charge < -0.3 is 9.84 Å². The third-order valence-electron chi connectivity index (χ3n) is 2.65. The molecule has 1 N–H and O–H groups in total. The lowest BCUT2D eigenvalue weighted by atomic mass is 10.1. The molecule has 4 nitrogen and oxygen atoms in total. The molecular weight excluding hydrogens is 353 g/mol. The van der Waals surface area contributed by atoms with Gasteiger partial charge in [0.25, 0.3) is 5.91 Å². The molecule has 0 unspecified atom stereocenters. The predicted molar refractivity (Wildman–Crippen MR) is 71.6 cm³/mol. The van der Waals surface area contributed by atoms with Crippen LogP contribution in [0.5, 0.6) is 0 Å². The molecule has 0 atom stereocenters. The summed E-state index contributed by atoms with van der Waals surface area (Å²) in [6.45, 7) is 1.76. The zero-order valence-electron chi connectivity index (χ0n) is 10.8. The summed E-state index contributed by atoms with van der Waals surface area (Å²) in [7, 11) is 0. The first kappa shape index (κ1) is 15.6. The van der Waals surface area contributed by atoms with Gasteiger partial charge in [-0.3, -0.25) is 4.79 Å². The van der Waals surface area contributed by atoms with Gasteiger partial charge in [0.1, 0.15) is 11.5 Å². The zero-order chi connectivity index (χ0) is 15.6. The number of nitrogens with one attached hydrogen (secondary N) is 1. The molecule has 0 spiro atoms. The largest absolute Gasteiger partial charge is 0.416 e. The average Bonchev–Trinajstić information content (AvgIpc) is 2.81. The molecule has 21 heavy (non-hydrogen) atoms. The summed E-state index contributed by atoms with van der Waals surface area (Å²) >= 11 is 3.07. The minimum absolute atomic E-state index is 0.0683. The number of aromatic nitrogens is 1. The first-order chi connectivity index (χ1) is 9.77. The Labute approximate surface area is 126 Å². The van der Waals surface area contributed by atoms with E-state index in [0.29, 0.717) is 11.5 Å². The molecular formula is C13H10BrF3N2O2. The molecule has 0 saturated heterocycles. The van der Waals surface area contributed by atoms with Crippen LogP contribution in [-0.4, -0.2) is 11.1 Å². The Morgan fingerprint density at radius 3 is 2.67 bits per heavy atom. The lowest BCUT2D eigenvalue weighted by Gasteiger charge is -2.10. The molecule has 1 heterocycles. The predicted octanol–water partition coefficient (Wildman–Crippen LogP) is 3.69. The van der Waals surface area contributed by atoms with Crippen molar-refractivity contribution in [3.8, 4) is 0 Å². The van der Waals surface area contributed by atoms with E-state index in [1.165, 1.54) is 6.07 Å². The number of rotatable bonds is 3. The molecule has 8 heteroatoms. The normalized spacial score (nSPS) is 11.5. The molecule has 2 aromatic rings. The Balaban J connectivity index is 2.15. The van der Waals surface area contributed by atoms with E-state index in [9.17, 15) is 18.0 Å². The van der Waals surface area contributed by atoms with Gasteiger partial charge in [-0.05, 0) is 41.1 Å². The van der Waals surface area contributed by atoms with Gasteiger partial charge in [0.15, 0.2) is 0 Å². The van der Waals surface area contributed by atoms with Gasteiger partial charge >= 0.3 is 6.18 Å². The van der Waals surface area contributed by atoms with E-state index in [1.54, 1.807) is 13.0 Å². The van der Waals surface area contributed by atoms with E-state index in [0.717, 1.165) is 12.1 Å². The summed E-state index contributed by atoms with van der Waals surface area (Å²) in [5.41, 5.74) is -0.484. The topological polar surface area (TPSA) is 55.1 Å². The molecule has 1 amide bonds. The molecule has 0 fully saturated rings. The Bertz CT molecular complexity index is 668. The number of amides is 1. The minimum Gasteiger partial charge on any atom is -0.361 e. The standard InChI is InChI=1S/C13H10BrF3N2O2/c1-7-4-9(19-21-7)6-18-12(20)10-5-8(13(15,16)17)2-3-11(10)14/h2-5H,6H2,1H3,(H,18,20). The van der Waals surface area contributed by atoms with Crippen LogP contribution in [0.3, 0.4) is 0 Å². The zero-order valence-corrected chi connectivity index (χ0v) is 12.4.